The lowest BCUT2D eigenvalue weighted by atomic mass is 10.0. The summed E-state index contributed by atoms with van der Waals surface area (Å²) >= 11 is 0. The molecular weight excluding hydrogens is 386 g/mol. The fraction of sp³-hybridized carbons (Fsp3) is 0.741. The molecule has 0 bridgehead atoms. The maximum atomic E-state index is 10.8. The molecule has 178 valence electrons. The van der Waals surface area contributed by atoms with Crippen LogP contribution in [0, 0.1) is 0 Å². The van der Waals surface area contributed by atoms with Gasteiger partial charge in [0.05, 0.1) is 6.61 Å². The summed E-state index contributed by atoms with van der Waals surface area (Å²) in [5.41, 5.74) is 0.886. The van der Waals surface area contributed by atoms with Crippen LogP contribution in [0.25, 0.3) is 0 Å². The van der Waals surface area contributed by atoms with Crippen LogP contribution in [0.4, 0.5) is 5.69 Å². The molecule has 4 heteroatoms. The minimum Gasteiger partial charge on any atom is -0.494 e. The average molecular weight is 434 g/mol. The highest BCUT2D eigenvalue weighted by molar-refractivity contribution is 5.73. The number of aliphatic carboxylic acids is 1. The van der Waals surface area contributed by atoms with Crippen LogP contribution < -0.4 is 9.64 Å². The predicted octanol–water partition coefficient (Wildman–Crippen LogP) is 7.85. The van der Waals surface area contributed by atoms with Gasteiger partial charge in [-0.05, 0) is 30.7 Å². The van der Waals surface area contributed by atoms with Crippen LogP contribution in [0.1, 0.15) is 110 Å². The molecule has 1 aromatic carbocycles. The van der Waals surface area contributed by atoms with Crippen molar-refractivity contribution in [3.05, 3.63) is 24.3 Å². The van der Waals surface area contributed by atoms with E-state index >= 15 is 0 Å². The minimum atomic E-state index is -0.827. The van der Waals surface area contributed by atoms with E-state index in [1.54, 1.807) is 11.9 Å². The van der Waals surface area contributed by atoms with Gasteiger partial charge in [0.2, 0.25) is 0 Å². The van der Waals surface area contributed by atoms with E-state index in [1.807, 2.05) is 24.3 Å². The van der Waals surface area contributed by atoms with Crippen molar-refractivity contribution in [1.29, 1.82) is 0 Å². The van der Waals surface area contributed by atoms with Gasteiger partial charge in [0, 0.05) is 12.7 Å². The Bertz CT molecular complexity index is 544. The molecule has 0 unspecified atom stereocenters. The molecule has 0 saturated heterocycles. The second-order valence-electron chi connectivity index (χ2n) is 8.90. The maximum absolute atomic E-state index is 10.8. The number of carboxylic acids is 1. The van der Waals surface area contributed by atoms with Gasteiger partial charge < -0.3 is 14.7 Å². The molecule has 1 N–H and O–H groups in total. The molecule has 0 aromatic heterocycles. The topological polar surface area (TPSA) is 49.8 Å². The van der Waals surface area contributed by atoms with Crippen molar-refractivity contribution >= 4 is 11.7 Å². The number of hydrogen-bond acceptors (Lipinski definition) is 3. The molecule has 0 aliphatic carbocycles. The van der Waals surface area contributed by atoms with Gasteiger partial charge in [-0.3, -0.25) is 4.79 Å². The average Bonchev–Trinajstić information content (AvgIpc) is 2.76. The van der Waals surface area contributed by atoms with E-state index < -0.39 is 5.97 Å². The van der Waals surface area contributed by atoms with Gasteiger partial charge in [0.25, 0.3) is 0 Å². The number of carboxylic acid groups (broad SMARTS) is 1. The number of benzene rings is 1. The highest BCUT2D eigenvalue weighted by Crippen LogP contribution is 2.19. The Kier molecular flexibility index (Phi) is 16.8. The molecule has 4 nitrogen and oxygen atoms in total. The van der Waals surface area contributed by atoms with Gasteiger partial charge >= 0.3 is 5.97 Å². The van der Waals surface area contributed by atoms with E-state index in [1.165, 1.54) is 96.3 Å². The van der Waals surface area contributed by atoms with Crippen molar-refractivity contribution in [3.63, 3.8) is 0 Å². The van der Waals surface area contributed by atoms with Crippen molar-refractivity contribution in [1.82, 2.24) is 0 Å². The van der Waals surface area contributed by atoms with Gasteiger partial charge in [-0.2, -0.15) is 0 Å². The number of rotatable bonds is 21. The molecule has 0 amide bonds. The normalized spacial score (nSPS) is 10.9. The monoisotopic (exact) mass is 433 g/mol. The van der Waals surface area contributed by atoms with E-state index in [4.69, 9.17) is 9.84 Å². The molecule has 0 heterocycles. The molecule has 31 heavy (non-hydrogen) atoms. The molecule has 1 aromatic rings. The molecule has 0 saturated carbocycles. The number of hydrogen-bond donors (Lipinski definition) is 1. The second kappa shape index (κ2) is 19.0. The van der Waals surface area contributed by atoms with E-state index in [0.29, 0.717) is 0 Å². The summed E-state index contributed by atoms with van der Waals surface area (Å²) in [5, 5.41) is 8.85. The van der Waals surface area contributed by atoms with Crippen molar-refractivity contribution in [3.8, 4) is 5.75 Å². The number of nitrogens with zero attached hydrogens (tertiary/aromatic N) is 1. The number of anilines is 1. The van der Waals surface area contributed by atoms with Crippen LogP contribution in [0.15, 0.2) is 24.3 Å². The molecule has 1 rings (SSSR count). The first-order valence-electron chi connectivity index (χ1n) is 12.8. The molecule has 0 aliphatic heterocycles. The lowest BCUT2D eigenvalue weighted by molar-refractivity contribution is -0.135. The Morgan fingerprint density at radius 1 is 0.742 bits per heavy atom. The fourth-order valence-electron chi connectivity index (χ4n) is 3.93. The highest BCUT2D eigenvalue weighted by Gasteiger charge is 2.05. The number of unbranched alkanes of at least 4 members (excludes halogenated alkanes) is 15. The minimum absolute atomic E-state index is 0.000598. The van der Waals surface area contributed by atoms with Crippen LogP contribution in [-0.2, 0) is 4.79 Å². The first kappa shape index (κ1) is 27.3. The predicted molar refractivity (Wildman–Crippen MR) is 132 cm³/mol. The third-order valence-electron chi connectivity index (χ3n) is 5.92. The van der Waals surface area contributed by atoms with Crippen LogP contribution >= 0.6 is 0 Å². The number of carbonyl (C=O) groups is 1. The Morgan fingerprint density at radius 2 is 1.16 bits per heavy atom. The lowest BCUT2D eigenvalue weighted by Gasteiger charge is -2.17. The zero-order valence-electron chi connectivity index (χ0n) is 20.2. The SMILES string of the molecule is CCCCCCCCCCCCCCCCCCOc1ccc(N(C)CC(=O)O)cc1. The van der Waals surface area contributed by atoms with E-state index in [2.05, 4.69) is 6.92 Å². The Balaban J connectivity index is 1.87. The summed E-state index contributed by atoms with van der Waals surface area (Å²) in [4.78, 5) is 12.5. The van der Waals surface area contributed by atoms with E-state index in [-0.39, 0.29) is 6.54 Å². The molecule has 0 fully saturated rings. The lowest BCUT2D eigenvalue weighted by Crippen LogP contribution is -2.24. The molecule has 0 aliphatic rings. The zero-order chi connectivity index (χ0) is 22.6. The summed E-state index contributed by atoms with van der Waals surface area (Å²) in [6.45, 7) is 3.03. The third kappa shape index (κ3) is 15.7. The van der Waals surface area contributed by atoms with Crippen LogP contribution in [0.2, 0.25) is 0 Å². The first-order valence-corrected chi connectivity index (χ1v) is 12.8. The standard InChI is InChI=1S/C27H47NO3/c1-3-4-5-6-7-8-9-10-11-12-13-14-15-16-17-18-23-31-26-21-19-25(20-22-26)28(2)24-27(29)30/h19-22H,3-18,23-24H2,1-2H3,(H,29,30). The Hall–Kier alpha value is -1.71. The zero-order valence-corrected chi connectivity index (χ0v) is 20.2. The summed E-state index contributed by atoms with van der Waals surface area (Å²) in [7, 11) is 1.78. The molecule has 0 spiro atoms. The summed E-state index contributed by atoms with van der Waals surface area (Å²) < 4.78 is 5.81. The smallest absolute Gasteiger partial charge is 0.323 e. The Morgan fingerprint density at radius 3 is 1.58 bits per heavy atom. The summed E-state index contributed by atoms with van der Waals surface area (Å²) in [5.74, 6) is 0.0276. The van der Waals surface area contributed by atoms with Crippen molar-refractivity contribution < 1.29 is 14.6 Å². The van der Waals surface area contributed by atoms with Crippen LogP contribution in [0.5, 0.6) is 5.75 Å². The number of likely N-dealkylation sites (N-methyl/N-ethyl adjacent to an activating group) is 1. The van der Waals surface area contributed by atoms with E-state index in [0.717, 1.165) is 24.5 Å². The van der Waals surface area contributed by atoms with Gasteiger partial charge in [-0.25, -0.2) is 0 Å². The quantitative estimate of drug-likeness (QED) is 0.201. The number of ether oxygens (including phenoxy) is 1. The fourth-order valence-corrected chi connectivity index (χ4v) is 3.93. The van der Waals surface area contributed by atoms with Gasteiger partial charge in [0.15, 0.2) is 0 Å². The molecule has 0 atom stereocenters. The summed E-state index contributed by atoms with van der Waals surface area (Å²) in [6.07, 6.45) is 22.0. The Labute approximate surface area is 191 Å². The largest absolute Gasteiger partial charge is 0.494 e. The summed E-state index contributed by atoms with van der Waals surface area (Å²) in [6, 6.07) is 7.65. The van der Waals surface area contributed by atoms with Crippen LogP contribution in [0.3, 0.4) is 0 Å². The first-order chi connectivity index (χ1) is 15.1. The van der Waals surface area contributed by atoms with Crippen LogP contribution in [-0.4, -0.2) is 31.3 Å². The second-order valence-corrected chi connectivity index (χ2v) is 8.90. The van der Waals surface area contributed by atoms with Gasteiger partial charge in [0.1, 0.15) is 12.3 Å². The van der Waals surface area contributed by atoms with E-state index in [9.17, 15) is 4.79 Å². The maximum Gasteiger partial charge on any atom is 0.323 e. The van der Waals surface area contributed by atoms with Crippen molar-refractivity contribution in [2.45, 2.75) is 110 Å². The van der Waals surface area contributed by atoms with Crippen molar-refractivity contribution in [2.24, 2.45) is 0 Å². The third-order valence-corrected chi connectivity index (χ3v) is 5.92. The van der Waals surface area contributed by atoms with Gasteiger partial charge in [-0.1, -0.05) is 103 Å². The highest BCUT2D eigenvalue weighted by atomic mass is 16.5. The molecular formula is C27H47NO3. The van der Waals surface area contributed by atoms with Crippen molar-refractivity contribution in [2.75, 3.05) is 25.1 Å². The molecule has 0 radical (unpaired) electrons. The van der Waals surface area contributed by atoms with Gasteiger partial charge in [-0.15, -0.1) is 0 Å².